The highest BCUT2D eigenvalue weighted by molar-refractivity contribution is 7.91. The summed E-state index contributed by atoms with van der Waals surface area (Å²) in [5, 5.41) is -1.00. The van der Waals surface area contributed by atoms with E-state index in [1.54, 1.807) is 25.1 Å². The summed E-state index contributed by atoms with van der Waals surface area (Å²) in [6.07, 6.45) is 1.07. The first kappa shape index (κ1) is 15.1. The number of hydrogen-bond donors (Lipinski definition) is 1. The van der Waals surface area contributed by atoms with Crippen LogP contribution in [0.5, 0.6) is 11.5 Å². The van der Waals surface area contributed by atoms with Crippen LogP contribution in [-0.4, -0.2) is 44.8 Å². The number of esters is 1. The van der Waals surface area contributed by atoms with Crippen LogP contribution < -0.4 is 15.2 Å². The Hall–Kier alpha value is -1.80. The second-order valence-electron chi connectivity index (χ2n) is 5.49. The van der Waals surface area contributed by atoms with Crippen LogP contribution in [0.2, 0.25) is 0 Å². The number of carbonyl (C=O) groups is 1. The summed E-state index contributed by atoms with van der Waals surface area (Å²) < 4.78 is 39.4. The molecule has 1 saturated carbocycles. The first-order chi connectivity index (χ1) is 10.3. The van der Waals surface area contributed by atoms with Gasteiger partial charge in [-0.25, -0.2) is 13.2 Å². The molecule has 0 bridgehead atoms. The number of carbonyl (C=O) groups excluding carboxylic acids is 1. The smallest absolute Gasteiger partial charge is 0.328 e. The molecule has 1 aromatic rings. The number of benzene rings is 1. The first-order valence-electron chi connectivity index (χ1n) is 6.84. The monoisotopic (exact) mass is 327 g/mol. The van der Waals surface area contributed by atoms with Gasteiger partial charge in [-0.1, -0.05) is 6.07 Å². The fourth-order valence-electron chi connectivity index (χ4n) is 3.03. The van der Waals surface area contributed by atoms with E-state index in [0.717, 1.165) is 6.26 Å². The van der Waals surface area contributed by atoms with Gasteiger partial charge in [0.05, 0.1) is 11.9 Å². The highest BCUT2D eigenvalue weighted by atomic mass is 32.2. The molecule has 120 valence electrons. The minimum Gasteiger partial charge on any atom is -0.465 e. The third-order valence-corrected chi connectivity index (χ3v) is 5.61. The molecule has 0 spiro atoms. The molecular weight excluding hydrogens is 310 g/mol. The Labute approximate surface area is 128 Å². The second-order valence-corrected chi connectivity index (χ2v) is 7.66. The van der Waals surface area contributed by atoms with Crippen molar-refractivity contribution in [1.29, 1.82) is 0 Å². The predicted molar refractivity (Wildman–Crippen MR) is 77.5 cm³/mol. The summed E-state index contributed by atoms with van der Waals surface area (Å²) in [4.78, 5) is 12.1. The number of nitrogens with two attached hydrogens (primary N) is 1. The van der Waals surface area contributed by atoms with Crippen LogP contribution >= 0.6 is 0 Å². The molecule has 0 amide bonds. The standard InChI is InChI=1S/C14H17NO6S/c1-3-19-13(16)14(15)11(12(14)22(2,17)18)8-4-5-9-10(6-8)21-7-20-9/h4-6,11-12H,3,7,15H2,1-2H3/t11-,12-,14+/m0/s1. The van der Waals surface area contributed by atoms with Crippen LogP contribution in [0.3, 0.4) is 0 Å². The van der Waals surface area contributed by atoms with E-state index in [1.807, 2.05) is 0 Å². The zero-order valence-electron chi connectivity index (χ0n) is 12.2. The molecule has 2 aliphatic rings. The lowest BCUT2D eigenvalue weighted by Gasteiger charge is -2.10. The number of fused-ring (bicyclic) bond motifs is 1. The van der Waals surface area contributed by atoms with Crippen molar-refractivity contribution in [2.45, 2.75) is 23.6 Å². The fraction of sp³-hybridized carbons (Fsp3) is 0.500. The van der Waals surface area contributed by atoms with E-state index >= 15 is 0 Å². The quantitative estimate of drug-likeness (QED) is 0.787. The second kappa shape index (κ2) is 4.85. The van der Waals surface area contributed by atoms with Crippen LogP contribution in [0.1, 0.15) is 18.4 Å². The molecule has 22 heavy (non-hydrogen) atoms. The third-order valence-electron chi connectivity index (χ3n) is 4.03. The van der Waals surface area contributed by atoms with Gasteiger partial charge in [-0.3, -0.25) is 0 Å². The Balaban J connectivity index is 1.99. The van der Waals surface area contributed by atoms with Gasteiger partial charge in [0.15, 0.2) is 21.3 Å². The van der Waals surface area contributed by atoms with Crippen LogP contribution in [-0.2, 0) is 19.4 Å². The number of rotatable bonds is 4. The molecule has 1 aliphatic carbocycles. The van der Waals surface area contributed by atoms with Gasteiger partial charge >= 0.3 is 5.97 Å². The van der Waals surface area contributed by atoms with Crippen molar-refractivity contribution >= 4 is 15.8 Å². The Morgan fingerprint density at radius 3 is 2.73 bits per heavy atom. The Morgan fingerprint density at radius 2 is 2.09 bits per heavy atom. The summed E-state index contributed by atoms with van der Waals surface area (Å²) in [5.74, 6) is -0.258. The van der Waals surface area contributed by atoms with E-state index in [4.69, 9.17) is 19.9 Å². The zero-order valence-corrected chi connectivity index (χ0v) is 13.1. The van der Waals surface area contributed by atoms with Crippen molar-refractivity contribution in [1.82, 2.24) is 0 Å². The van der Waals surface area contributed by atoms with Crippen molar-refractivity contribution in [2.75, 3.05) is 19.7 Å². The van der Waals surface area contributed by atoms with E-state index in [9.17, 15) is 13.2 Å². The van der Waals surface area contributed by atoms with E-state index < -0.39 is 32.5 Å². The summed E-state index contributed by atoms with van der Waals surface area (Å²) >= 11 is 0. The van der Waals surface area contributed by atoms with Crippen LogP contribution in [0.25, 0.3) is 0 Å². The molecule has 1 aromatic carbocycles. The highest BCUT2D eigenvalue weighted by Gasteiger charge is 2.73. The Morgan fingerprint density at radius 1 is 1.41 bits per heavy atom. The average molecular weight is 327 g/mol. The normalized spacial score (nSPS) is 29.2. The molecule has 3 atom stereocenters. The van der Waals surface area contributed by atoms with Gasteiger partial charge < -0.3 is 19.9 Å². The largest absolute Gasteiger partial charge is 0.465 e. The minimum absolute atomic E-state index is 0.116. The van der Waals surface area contributed by atoms with Gasteiger partial charge in [-0.15, -0.1) is 0 Å². The maximum atomic E-state index is 12.1. The van der Waals surface area contributed by atoms with Gasteiger partial charge in [0, 0.05) is 12.2 Å². The number of sulfone groups is 1. The van der Waals surface area contributed by atoms with E-state index in [0.29, 0.717) is 17.1 Å². The van der Waals surface area contributed by atoms with Crippen LogP contribution in [0, 0.1) is 0 Å². The van der Waals surface area contributed by atoms with Gasteiger partial charge in [0.1, 0.15) is 5.54 Å². The van der Waals surface area contributed by atoms with Gasteiger partial charge in [-0.05, 0) is 24.6 Å². The van der Waals surface area contributed by atoms with Crippen molar-refractivity contribution in [2.24, 2.45) is 5.73 Å². The molecule has 1 heterocycles. The summed E-state index contributed by atoms with van der Waals surface area (Å²) in [7, 11) is -3.51. The predicted octanol–water partition coefficient (Wildman–Crippen LogP) is 0.186. The summed E-state index contributed by atoms with van der Waals surface area (Å²) in [6.45, 7) is 1.90. The maximum absolute atomic E-state index is 12.1. The van der Waals surface area contributed by atoms with Gasteiger partial charge in [0.25, 0.3) is 0 Å². The van der Waals surface area contributed by atoms with Gasteiger partial charge in [-0.2, -0.15) is 0 Å². The van der Waals surface area contributed by atoms with Crippen molar-refractivity contribution in [3.8, 4) is 11.5 Å². The Kier molecular flexibility index (Phi) is 3.33. The lowest BCUT2D eigenvalue weighted by molar-refractivity contribution is -0.145. The lowest BCUT2D eigenvalue weighted by atomic mass is 10.1. The van der Waals surface area contributed by atoms with Crippen LogP contribution in [0.15, 0.2) is 18.2 Å². The average Bonchev–Trinajstić information content (AvgIpc) is 2.87. The van der Waals surface area contributed by atoms with Crippen LogP contribution in [0.4, 0.5) is 0 Å². The zero-order chi connectivity index (χ0) is 16.1. The van der Waals surface area contributed by atoms with Crippen molar-refractivity contribution < 1.29 is 27.4 Å². The summed E-state index contributed by atoms with van der Waals surface area (Å²) in [6, 6.07) is 5.05. The maximum Gasteiger partial charge on any atom is 0.328 e. The molecule has 2 N–H and O–H groups in total. The summed E-state index contributed by atoms with van der Waals surface area (Å²) in [5.41, 5.74) is 5.16. The van der Waals surface area contributed by atoms with E-state index in [1.165, 1.54) is 0 Å². The molecule has 8 heteroatoms. The molecule has 1 aliphatic heterocycles. The third kappa shape index (κ3) is 2.14. The molecule has 3 rings (SSSR count). The molecule has 0 aromatic heterocycles. The molecule has 0 unspecified atom stereocenters. The first-order valence-corrected chi connectivity index (χ1v) is 8.80. The van der Waals surface area contributed by atoms with E-state index in [2.05, 4.69) is 0 Å². The van der Waals surface area contributed by atoms with Crippen molar-refractivity contribution in [3.63, 3.8) is 0 Å². The molecule has 0 radical (unpaired) electrons. The van der Waals surface area contributed by atoms with Gasteiger partial charge in [0.2, 0.25) is 6.79 Å². The highest BCUT2D eigenvalue weighted by Crippen LogP contribution is 2.55. The molecular formula is C14H17NO6S. The molecule has 1 fully saturated rings. The topological polar surface area (TPSA) is 105 Å². The lowest BCUT2D eigenvalue weighted by Crippen LogP contribution is -2.41. The molecule has 0 saturated heterocycles. The molecule has 7 nitrogen and oxygen atoms in total. The number of hydrogen-bond acceptors (Lipinski definition) is 7. The number of ether oxygens (including phenoxy) is 3. The van der Waals surface area contributed by atoms with Crippen molar-refractivity contribution in [3.05, 3.63) is 23.8 Å². The minimum atomic E-state index is -3.51. The Bertz CT molecular complexity index is 731. The SMILES string of the molecule is CCOC(=O)[C@@]1(N)[C@@H](c2ccc3c(c2)OCO3)[C@@H]1S(C)(=O)=O. The fourth-order valence-corrected chi connectivity index (χ4v) is 4.78. The van der Waals surface area contributed by atoms with E-state index in [-0.39, 0.29) is 13.4 Å².